The summed E-state index contributed by atoms with van der Waals surface area (Å²) in [5.74, 6) is -13.1. The van der Waals surface area contributed by atoms with Crippen molar-refractivity contribution in [3.63, 3.8) is 0 Å². The average molecular weight is 580 g/mol. The summed E-state index contributed by atoms with van der Waals surface area (Å²) < 4.78 is 86.1. The second-order valence-electron chi connectivity index (χ2n) is 8.19. The number of carbonyl (C=O) groups is 3. The fraction of sp³-hybridized carbons (Fsp3) is 0.391. The number of ketones is 1. The van der Waals surface area contributed by atoms with Crippen molar-refractivity contribution in [2.75, 3.05) is 17.1 Å². The summed E-state index contributed by atoms with van der Waals surface area (Å²) >= 11 is 0. The van der Waals surface area contributed by atoms with Crippen LogP contribution in [0.5, 0.6) is 5.75 Å². The minimum atomic E-state index is -3.85. The summed E-state index contributed by atoms with van der Waals surface area (Å²) in [6.45, 7) is 1.81. The second kappa shape index (κ2) is 13.2. The molecule has 1 aromatic heterocycles. The van der Waals surface area contributed by atoms with Gasteiger partial charge in [0.25, 0.3) is 5.56 Å². The van der Waals surface area contributed by atoms with Gasteiger partial charge < -0.3 is 19.7 Å². The van der Waals surface area contributed by atoms with Crippen molar-refractivity contribution < 1.29 is 50.2 Å². The van der Waals surface area contributed by atoms with Crippen LogP contribution in [-0.2, 0) is 24.4 Å². The molecule has 0 radical (unpaired) electrons. The predicted octanol–water partition coefficient (Wildman–Crippen LogP) is 2.12. The van der Waals surface area contributed by atoms with Crippen LogP contribution in [0.3, 0.4) is 0 Å². The number of rotatable bonds is 14. The largest absolute Gasteiger partial charge is 0.481 e. The minimum absolute atomic E-state index is 0.0691. The summed E-state index contributed by atoms with van der Waals surface area (Å²) in [7, 11) is -3.85. The van der Waals surface area contributed by atoms with Gasteiger partial charge in [0.2, 0.25) is 27.6 Å². The Labute approximate surface area is 219 Å². The van der Waals surface area contributed by atoms with E-state index in [1.165, 1.54) is 25.3 Å². The van der Waals surface area contributed by atoms with Gasteiger partial charge in [0, 0.05) is 12.3 Å². The Morgan fingerprint density at radius 3 is 2.26 bits per heavy atom. The monoisotopic (exact) mass is 579 g/mol. The number of carboxylic acids is 1. The van der Waals surface area contributed by atoms with Crippen LogP contribution in [0, 0.1) is 23.3 Å². The molecule has 1 heterocycles. The third-order valence-electron chi connectivity index (χ3n) is 5.25. The standard InChI is InChI=1S/C23H25F4N3O8S/c1-3-8-39(36,37)29-14-6-5-7-30(23(14)35)16(4-2)22(34)28-15(10-18(32)33)17(31)11-38-21-19(26)12(24)9-13(25)20(21)27/h5-7,9,15-16,29H,3-4,8,10-11H2,1-2H3,(H,28,34)(H,32,33). The van der Waals surface area contributed by atoms with Gasteiger partial charge in [-0.05, 0) is 25.0 Å². The number of nitrogens with zero attached hydrogens (tertiary/aromatic N) is 1. The summed E-state index contributed by atoms with van der Waals surface area (Å²) in [4.78, 5) is 49.7. The van der Waals surface area contributed by atoms with Crippen LogP contribution < -0.4 is 20.3 Å². The first-order valence-corrected chi connectivity index (χ1v) is 13.1. The molecule has 1 aromatic carbocycles. The first-order chi connectivity index (χ1) is 18.2. The lowest BCUT2D eigenvalue weighted by molar-refractivity contribution is -0.140. The molecule has 16 heteroatoms. The van der Waals surface area contributed by atoms with Gasteiger partial charge >= 0.3 is 5.97 Å². The molecular formula is C23H25F4N3O8S. The van der Waals surface area contributed by atoms with E-state index in [0.29, 0.717) is 0 Å². The molecule has 11 nitrogen and oxygen atoms in total. The van der Waals surface area contributed by atoms with Gasteiger partial charge in [-0.25, -0.2) is 17.2 Å². The highest BCUT2D eigenvalue weighted by Gasteiger charge is 2.30. The summed E-state index contributed by atoms with van der Waals surface area (Å²) in [5, 5.41) is 11.3. The van der Waals surface area contributed by atoms with Crippen LogP contribution in [0.1, 0.15) is 39.2 Å². The number of nitrogens with one attached hydrogen (secondary N) is 2. The molecule has 2 atom stereocenters. The molecule has 2 unspecified atom stereocenters. The Kier molecular flexibility index (Phi) is 10.6. The third-order valence-corrected chi connectivity index (χ3v) is 6.73. The molecule has 0 aliphatic carbocycles. The molecule has 0 bridgehead atoms. The zero-order valence-electron chi connectivity index (χ0n) is 20.7. The molecule has 0 aliphatic heterocycles. The fourth-order valence-electron chi connectivity index (χ4n) is 3.44. The lowest BCUT2D eigenvalue weighted by Gasteiger charge is -2.22. The van der Waals surface area contributed by atoms with Crippen LogP contribution in [0.25, 0.3) is 0 Å². The van der Waals surface area contributed by atoms with Gasteiger partial charge in [-0.3, -0.25) is 23.9 Å². The first-order valence-electron chi connectivity index (χ1n) is 11.4. The van der Waals surface area contributed by atoms with Crippen molar-refractivity contribution in [3.8, 4) is 5.75 Å². The van der Waals surface area contributed by atoms with E-state index in [9.17, 15) is 45.2 Å². The summed E-state index contributed by atoms with van der Waals surface area (Å²) in [5.41, 5.74) is -1.25. The molecule has 3 N–H and O–H groups in total. The lowest BCUT2D eigenvalue weighted by Crippen LogP contribution is -2.48. The van der Waals surface area contributed by atoms with E-state index in [1.807, 2.05) is 0 Å². The number of halogens is 4. The molecular weight excluding hydrogens is 554 g/mol. The normalized spacial score (nSPS) is 12.9. The van der Waals surface area contributed by atoms with Crippen molar-refractivity contribution in [1.82, 2.24) is 9.88 Å². The number of hydrogen-bond acceptors (Lipinski definition) is 7. The molecule has 0 fully saturated rings. The highest BCUT2D eigenvalue weighted by molar-refractivity contribution is 7.92. The van der Waals surface area contributed by atoms with Gasteiger partial charge in [0.15, 0.2) is 23.2 Å². The van der Waals surface area contributed by atoms with Crippen LogP contribution in [0.4, 0.5) is 23.2 Å². The molecule has 0 spiro atoms. The van der Waals surface area contributed by atoms with Gasteiger partial charge in [-0.15, -0.1) is 0 Å². The van der Waals surface area contributed by atoms with Crippen molar-refractivity contribution >= 4 is 33.4 Å². The number of aliphatic carboxylic acids is 1. The smallest absolute Gasteiger partial charge is 0.305 e. The van der Waals surface area contributed by atoms with Gasteiger partial charge in [0.05, 0.1) is 12.2 Å². The number of hydrogen-bond donors (Lipinski definition) is 3. The number of sulfonamides is 1. The minimum Gasteiger partial charge on any atom is -0.481 e. The molecule has 0 saturated carbocycles. The van der Waals surface area contributed by atoms with Crippen LogP contribution >= 0.6 is 0 Å². The highest BCUT2D eigenvalue weighted by atomic mass is 32.2. The van der Waals surface area contributed by atoms with E-state index in [4.69, 9.17) is 5.11 Å². The first kappa shape index (κ1) is 31.3. The predicted molar refractivity (Wildman–Crippen MR) is 129 cm³/mol. The Morgan fingerprint density at radius 2 is 1.72 bits per heavy atom. The van der Waals surface area contributed by atoms with E-state index < -0.39 is 87.4 Å². The Morgan fingerprint density at radius 1 is 1.10 bits per heavy atom. The summed E-state index contributed by atoms with van der Waals surface area (Å²) in [6.07, 6.45) is 0.361. The SMILES string of the molecule is CCCS(=O)(=O)Nc1cccn(C(CC)C(=O)NC(CC(=O)O)C(=O)COc2c(F)c(F)cc(F)c2F)c1=O. The van der Waals surface area contributed by atoms with E-state index in [-0.39, 0.29) is 30.3 Å². The molecule has 2 aromatic rings. The van der Waals surface area contributed by atoms with Crippen LogP contribution in [0.2, 0.25) is 0 Å². The maximum atomic E-state index is 13.8. The maximum Gasteiger partial charge on any atom is 0.305 e. The topological polar surface area (TPSA) is 161 Å². The Bertz CT molecular complexity index is 1390. The number of Topliss-reactive ketones (excluding diaryl/α,β-unsaturated/α-hetero) is 1. The van der Waals surface area contributed by atoms with Crippen molar-refractivity contribution in [2.45, 2.75) is 45.2 Å². The van der Waals surface area contributed by atoms with Crippen molar-refractivity contribution in [3.05, 3.63) is 58.0 Å². The molecule has 0 aliphatic rings. The van der Waals surface area contributed by atoms with Gasteiger partial charge in [-0.1, -0.05) is 13.8 Å². The lowest BCUT2D eigenvalue weighted by atomic mass is 10.1. The zero-order valence-corrected chi connectivity index (χ0v) is 21.5. The fourth-order valence-corrected chi connectivity index (χ4v) is 4.57. The molecule has 39 heavy (non-hydrogen) atoms. The molecule has 1 amide bonds. The van der Waals surface area contributed by atoms with E-state index in [0.717, 1.165) is 4.57 Å². The summed E-state index contributed by atoms with van der Waals surface area (Å²) in [6, 6.07) is -0.793. The number of ether oxygens (including phenoxy) is 1. The number of anilines is 1. The van der Waals surface area contributed by atoms with Crippen molar-refractivity contribution in [1.29, 1.82) is 0 Å². The Hall–Kier alpha value is -3.95. The van der Waals surface area contributed by atoms with Crippen molar-refractivity contribution in [2.24, 2.45) is 0 Å². The molecule has 2 rings (SSSR count). The molecule has 214 valence electrons. The third kappa shape index (κ3) is 8.02. The van der Waals surface area contributed by atoms with E-state index >= 15 is 0 Å². The number of carbonyl (C=O) groups excluding carboxylic acids is 2. The highest BCUT2D eigenvalue weighted by Crippen LogP contribution is 2.26. The van der Waals surface area contributed by atoms with E-state index in [2.05, 4.69) is 14.8 Å². The van der Waals surface area contributed by atoms with Crippen LogP contribution in [0.15, 0.2) is 29.2 Å². The van der Waals surface area contributed by atoms with E-state index in [1.54, 1.807) is 6.92 Å². The van der Waals surface area contributed by atoms with Crippen LogP contribution in [-0.4, -0.2) is 54.2 Å². The zero-order chi connectivity index (χ0) is 29.5. The van der Waals surface area contributed by atoms with Gasteiger partial charge in [-0.2, -0.15) is 8.78 Å². The number of pyridine rings is 1. The Balaban J connectivity index is 2.28. The maximum absolute atomic E-state index is 13.8. The molecule has 0 saturated heterocycles. The second-order valence-corrected chi connectivity index (χ2v) is 10.0. The average Bonchev–Trinajstić information content (AvgIpc) is 2.84. The number of amides is 1. The number of benzene rings is 1. The quantitative estimate of drug-likeness (QED) is 0.227. The van der Waals surface area contributed by atoms with Gasteiger partial charge in [0.1, 0.15) is 24.4 Å². The number of aromatic nitrogens is 1. The number of carboxylic acid groups (broad SMARTS) is 1.